The van der Waals surface area contributed by atoms with Gasteiger partial charge in [0.2, 0.25) is 0 Å². The molecule has 0 aliphatic rings. The van der Waals surface area contributed by atoms with Gasteiger partial charge in [-0.2, -0.15) is 0 Å². The second kappa shape index (κ2) is 11.3. The van der Waals surface area contributed by atoms with Crippen LogP contribution in [0.2, 0.25) is 0 Å². The molecule has 5 rings (SSSR count). The summed E-state index contributed by atoms with van der Waals surface area (Å²) in [6, 6.07) is 34.7. The van der Waals surface area contributed by atoms with Crippen molar-refractivity contribution in [2.45, 2.75) is 30.2 Å². The van der Waals surface area contributed by atoms with Crippen LogP contribution in [0.3, 0.4) is 0 Å². The van der Waals surface area contributed by atoms with Gasteiger partial charge in [-0.1, -0.05) is 90.6 Å². The van der Waals surface area contributed by atoms with Gasteiger partial charge in [0.1, 0.15) is 5.52 Å². The van der Waals surface area contributed by atoms with E-state index in [1.165, 1.54) is 11.1 Å². The molecule has 0 spiro atoms. The number of carbonyl (C=O) groups is 1. The second-order valence-corrected chi connectivity index (χ2v) is 9.78. The summed E-state index contributed by atoms with van der Waals surface area (Å²) in [7, 11) is 0. The predicted molar refractivity (Wildman–Crippen MR) is 146 cm³/mol. The summed E-state index contributed by atoms with van der Waals surface area (Å²) in [5.41, 5.74) is 7.14. The van der Waals surface area contributed by atoms with E-state index in [2.05, 4.69) is 58.8 Å². The summed E-state index contributed by atoms with van der Waals surface area (Å²) < 4.78 is 5.82. The summed E-state index contributed by atoms with van der Waals surface area (Å²) in [5, 5.41) is 3.75. The molecule has 0 saturated heterocycles. The third kappa shape index (κ3) is 5.86. The zero-order valence-electron chi connectivity index (χ0n) is 20.2. The Labute approximate surface area is 215 Å². The Morgan fingerprint density at radius 3 is 2.22 bits per heavy atom. The van der Waals surface area contributed by atoms with Crippen LogP contribution < -0.4 is 5.32 Å². The molecule has 1 N–H and O–H groups in total. The lowest BCUT2D eigenvalue weighted by molar-refractivity contribution is 0.0953. The Morgan fingerprint density at radius 1 is 0.889 bits per heavy atom. The van der Waals surface area contributed by atoms with Gasteiger partial charge >= 0.3 is 0 Å². The minimum absolute atomic E-state index is 0.0524. The number of carbonyl (C=O) groups excluding carboxylic acids is 1. The van der Waals surface area contributed by atoms with Crippen LogP contribution in [0.25, 0.3) is 11.1 Å². The summed E-state index contributed by atoms with van der Waals surface area (Å²) in [6.07, 6.45) is 0.832. The summed E-state index contributed by atoms with van der Waals surface area (Å²) in [5.74, 6) is 0.912. The molecule has 36 heavy (non-hydrogen) atoms. The van der Waals surface area contributed by atoms with E-state index in [1.54, 1.807) is 11.8 Å². The molecule has 5 heteroatoms. The SMILES string of the molecule is Cc1ccc2oc(SCc3ccc(C(=O)NCCC(c4ccccc4)c4ccccc4)cc3)nc2c1. The largest absolute Gasteiger partial charge is 0.431 e. The van der Waals surface area contributed by atoms with Crippen LogP contribution in [0.4, 0.5) is 0 Å². The highest BCUT2D eigenvalue weighted by Crippen LogP contribution is 2.28. The average Bonchev–Trinajstić information content (AvgIpc) is 3.33. The first-order chi connectivity index (χ1) is 17.7. The van der Waals surface area contributed by atoms with Crippen molar-refractivity contribution >= 4 is 28.8 Å². The van der Waals surface area contributed by atoms with Crippen molar-refractivity contribution in [1.29, 1.82) is 0 Å². The second-order valence-electron chi connectivity index (χ2n) is 8.86. The molecule has 0 aliphatic carbocycles. The minimum atomic E-state index is -0.0524. The Morgan fingerprint density at radius 2 is 1.56 bits per heavy atom. The highest BCUT2D eigenvalue weighted by Gasteiger charge is 2.15. The van der Waals surface area contributed by atoms with Crippen LogP contribution in [-0.4, -0.2) is 17.4 Å². The summed E-state index contributed by atoms with van der Waals surface area (Å²) in [6.45, 7) is 2.64. The lowest BCUT2D eigenvalue weighted by atomic mass is 9.88. The first kappa shape index (κ1) is 23.9. The fraction of sp³-hybridized carbons (Fsp3) is 0.161. The van der Waals surface area contributed by atoms with E-state index in [9.17, 15) is 4.79 Å². The van der Waals surface area contributed by atoms with E-state index in [-0.39, 0.29) is 11.8 Å². The van der Waals surface area contributed by atoms with Crippen molar-refractivity contribution in [3.63, 3.8) is 0 Å². The number of benzene rings is 4. The van der Waals surface area contributed by atoms with E-state index in [1.807, 2.05) is 61.5 Å². The van der Waals surface area contributed by atoms with E-state index >= 15 is 0 Å². The maximum absolute atomic E-state index is 12.8. The smallest absolute Gasteiger partial charge is 0.257 e. The van der Waals surface area contributed by atoms with Gasteiger partial charge in [0.15, 0.2) is 5.58 Å². The number of fused-ring (bicyclic) bond motifs is 1. The van der Waals surface area contributed by atoms with Crippen molar-refractivity contribution in [2.24, 2.45) is 0 Å². The normalized spacial score (nSPS) is 11.2. The summed E-state index contributed by atoms with van der Waals surface area (Å²) in [4.78, 5) is 17.3. The zero-order valence-corrected chi connectivity index (χ0v) is 21.0. The van der Waals surface area contributed by atoms with Gasteiger partial charge in [-0.15, -0.1) is 0 Å². The number of rotatable bonds is 9. The molecular weight excluding hydrogens is 464 g/mol. The molecule has 5 aromatic rings. The number of aromatic nitrogens is 1. The topological polar surface area (TPSA) is 55.1 Å². The molecule has 1 amide bonds. The Hall–Kier alpha value is -3.83. The molecule has 0 bridgehead atoms. The van der Waals surface area contributed by atoms with Crippen LogP contribution in [0, 0.1) is 6.92 Å². The van der Waals surface area contributed by atoms with E-state index < -0.39 is 0 Å². The molecule has 0 unspecified atom stereocenters. The number of aryl methyl sites for hydroxylation is 1. The molecule has 0 fully saturated rings. The minimum Gasteiger partial charge on any atom is -0.431 e. The molecule has 1 aromatic heterocycles. The third-order valence-corrected chi connectivity index (χ3v) is 7.12. The van der Waals surface area contributed by atoms with E-state index in [0.29, 0.717) is 17.3 Å². The zero-order chi connectivity index (χ0) is 24.7. The van der Waals surface area contributed by atoms with Gasteiger partial charge in [-0.25, -0.2) is 4.98 Å². The van der Waals surface area contributed by atoms with Crippen LogP contribution in [-0.2, 0) is 5.75 Å². The first-order valence-corrected chi connectivity index (χ1v) is 13.1. The van der Waals surface area contributed by atoms with Gasteiger partial charge in [0.25, 0.3) is 11.1 Å². The van der Waals surface area contributed by atoms with Crippen molar-refractivity contribution in [3.05, 3.63) is 131 Å². The Bertz CT molecular complexity index is 1390. The summed E-state index contributed by atoms with van der Waals surface area (Å²) >= 11 is 1.55. The van der Waals surface area contributed by atoms with Crippen molar-refractivity contribution < 1.29 is 9.21 Å². The number of nitrogens with zero attached hydrogens (tertiary/aromatic N) is 1. The maximum Gasteiger partial charge on any atom is 0.257 e. The molecule has 0 aliphatic heterocycles. The van der Waals surface area contributed by atoms with Gasteiger partial charge in [-0.05, 0) is 59.9 Å². The van der Waals surface area contributed by atoms with Crippen LogP contribution in [0.5, 0.6) is 0 Å². The van der Waals surface area contributed by atoms with E-state index in [0.717, 1.165) is 34.4 Å². The predicted octanol–water partition coefficient (Wildman–Crippen LogP) is 7.38. The number of hydrogen-bond donors (Lipinski definition) is 1. The Balaban J connectivity index is 1.16. The number of thioether (sulfide) groups is 1. The number of amides is 1. The average molecular weight is 493 g/mol. The maximum atomic E-state index is 12.8. The fourth-order valence-electron chi connectivity index (χ4n) is 4.30. The van der Waals surface area contributed by atoms with Gasteiger partial charge in [-0.3, -0.25) is 4.79 Å². The molecule has 0 atom stereocenters. The van der Waals surface area contributed by atoms with Crippen molar-refractivity contribution in [3.8, 4) is 0 Å². The molecule has 180 valence electrons. The van der Waals surface area contributed by atoms with Crippen LogP contribution >= 0.6 is 11.8 Å². The van der Waals surface area contributed by atoms with Crippen molar-refractivity contribution in [1.82, 2.24) is 10.3 Å². The van der Waals surface area contributed by atoms with Gasteiger partial charge in [0.05, 0.1) is 0 Å². The number of nitrogens with one attached hydrogen (secondary N) is 1. The van der Waals surface area contributed by atoms with Gasteiger partial charge in [0, 0.05) is 23.8 Å². The lowest BCUT2D eigenvalue weighted by Gasteiger charge is -2.18. The quantitative estimate of drug-likeness (QED) is 0.218. The van der Waals surface area contributed by atoms with Crippen molar-refractivity contribution in [2.75, 3.05) is 6.54 Å². The molecule has 4 aromatic carbocycles. The molecule has 4 nitrogen and oxygen atoms in total. The molecule has 0 radical (unpaired) electrons. The highest BCUT2D eigenvalue weighted by molar-refractivity contribution is 7.98. The van der Waals surface area contributed by atoms with Crippen LogP contribution in [0.1, 0.15) is 45.0 Å². The molecule has 0 saturated carbocycles. The first-order valence-electron chi connectivity index (χ1n) is 12.1. The van der Waals surface area contributed by atoms with E-state index in [4.69, 9.17) is 4.42 Å². The number of oxazole rings is 1. The lowest BCUT2D eigenvalue weighted by Crippen LogP contribution is -2.25. The third-order valence-electron chi connectivity index (χ3n) is 6.22. The standard InChI is InChI=1S/C31H28N2O2S/c1-22-12-17-29-28(20-22)33-31(35-29)36-21-23-13-15-26(16-14-23)30(34)32-19-18-27(24-8-4-2-5-9-24)25-10-6-3-7-11-25/h2-17,20,27H,18-19,21H2,1H3,(H,32,34). The van der Waals surface area contributed by atoms with Crippen LogP contribution in [0.15, 0.2) is 113 Å². The number of hydrogen-bond acceptors (Lipinski definition) is 4. The molecule has 1 heterocycles. The monoisotopic (exact) mass is 492 g/mol. The van der Waals surface area contributed by atoms with Gasteiger partial charge < -0.3 is 9.73 Å². The molecular formula is C31H28N2O2S. The Kier molecular flexibility index (Phi) is 7.48. The highest BCUT2D eigenvalue weighted by atomic mass is 32.2. The fourth-order valence-corrected chi connectivity index (χ4v) is 5.10.